The molecule has 0 saturated heterocycles. The largest absolute Gasteiger partial charge is 0.481 e. The SMILES string of the molecule is NC[C@@]1(CC(=O)O)CCC(Cc2ccccc2)C1. The van der Waals surface area contributed by atoms with Crippen LogP contribution in [-0.2, 0) is 11.2 Å². The molecule has 3 nitrogen and oxygen atoms in total. The fraction of sp³-hybridized carbons (Fsp3) is 0.533. The van der Waals surface area contributed by atoms with Crippen LogP contribution in [0.2, 0.25) is 0 Å². The number of aliphatic carboxylic acids is 1. The third-order valence-electron chi connectivity index (χ3n) is 4.13. The molecule has 0 heterocycles. The first-order valence-corrected chi connectivity index (χ1v) is 6.59. The van der Waals surface area contributed by atoms with E-state index in [1.165, 1.54) is 5.56 Å². The molecule has 1 saturated carbocycles. The molecule has 1 unspecified atom stereocenters. The van der Waals surface area contributed by atoms with Crippen LogP contribution in [0.5, 0.6) is 0 Å². The van der Waals surface area contributed by atoms with Gasteiger partial charge in [0.15, 0.2) is 0 Å². The second kappa shape index (κ2) is 5.53. The minimum atomic E-state index is -0.721. The molecule has 1 fully saturated rings. The van der Waals surface area contributed by atoms with Crippen molar-refractivity contribution in [2.45, 2.75) is 32.1 Å². The average molecular weight is 247 g/mol. The maximum absolute atomic E-state index is 10.9. The summed E-state index contributed by atoms with van der Waals surface area (Å²) in [5.41, 5.74) is 6.99. The Hall–Kier alpha value is -1.35. The van der Waals surface area contributed by atoms with Crippen molar-refractivity contribution in [2.75, 3.05) is 6.54 Å². The summed E-state index contributed by atoms with van der Waals surface area (Å²) in [6, 6.07) is 10.4. The molecular weight excluding hydrogens is 226 g/mol. The Labute approximate surface area is 108 Å². The third-order valence-corrected chi connectivity index (χ3v) is 4.13. The van der Waals surface area contributed by atoms with Gasteiger partial charge in [0, 0.05) is 0 Å². The van der Waals surface area contributed by atoms with Gasteiger partial charge in [-0.1, -0.05) is 30.3 Å². The van der Waals surface area contributed by atoms with Crippen molar-refractivity contribution >= 4 is 5.97 Å². The van der Waals surface area contributed by atoms with Crippen molar-refractivity contribution in [3.05, 3.63) is 35.9 Å². The summed E-state index contributed by atoms with van der Waals surface area (Å²) in [5.74, 6) is -0.142. The predicted molar refractivity (Wildman–Crippen MR) is 71.2 cm³/mol. The van der Waals surface area contributed by atoms with Gasteiger partial charge in [0.25, 0.3) is 0 Å². The van der Waals surface area contributed by atoms with Crippen LogP contribution >= 0.6 is 0 Å². The lowest BCUT2D eigenvalue weighted by molar-refractivity contribution is -0.139. The fourth-order valence-electron chi connectivity index (χ4n) is 3.19. The van der Waals surface area contributed by atoms with Crippen LogP contribution in [0.4, 0.5) is 0 Å². The molecule has 0 aromatic heterocycles. The van der Waals surface area contributed by atoms with Crippen molar-refractivity contribution in [3.63, 3.8) is 0 Å². The lowest BCUT2D eigenvalue weighted by atomic mass is 9.81. The van der Waals surface area contributed by atoms with Gasteiger partial charge in [-0.2, -0.15) is 0 Å². The quantitative estimate of drug-likeness (QED) is 0.840. The van der Waals surface area contributed by atoms with Gasteiger partial charge in [-0.3, -0.25) is 4.79 Å². The predicted octanol–water partition coefficient (Wildman–Crippen LogP) is 2.45. The molecule has 98 valence electrons. The Kier molecular flexibility index (Phi) is 4.02. The summed E-state index contributed by atoms with van der Waals surface area (Å²) < 4.78 is 0. The highest BCUT2D eigenvalue weighted by Crippen LogP contribution is 2.44. The molecule has 2 atom stereocenters. The molecular formula is C15H21NO2. The minimum absolute atomic E-state index is 0.161. The van der Waals surface area contributed by atoms with E-state index in [0.29, 0.717) is 12.5 Å². The highest BCUT2D eigenvalue weighted by Gasteiger charge is 2.39. The van der Waals surface area contributed by atoms with Crippen LogP contribution in [-0.4, -0.2) is 17.6 Å². The van der Waals surface area contributed by atoms with Gasteiger partial charge in [-0.15, -0.1) is 0 Å². The first kappa shape index (κ1) is 13.1. The summed E-state index contributed by atoms with van der Waals surface area (Å²) >= 11 is 0. The highest BCUT2D eigenvalue weighted by molar-refractivity contribution is 5.67. The Morgan fingerprint density at radius 1 is 1.39 bits per heavy atom. The van der Waals surface area contributed by atoms with Crippen LogP contribution < -0.4 is 5.73 Å². The zero-order valence-corrected chi connectivity index (χ0v) is 10.6. The monoisotopic (exact) mass is 247 g/mol. The second-order valence-electron chi connectivity index (χ2n) is 5.57. The molecule has 0 amide bonds. The van der Waals surface area contributed by atoms with Crippen LogP contribution in [0.3, 0.4) is 0 Å². The number of hydrogen-bond donors (Lipinski definition) is 2. The Balaban J connectivity index is 1.97. The lowest BCUT2D eigenvalue weighted by Crippen LogP contribution is -2.30. The van der Waals surface area contributed by atoms with E-state index in [9.17, 15) is 4.79 Å². The first-order chi connectivity index (χ1) is 8.63. The summed E-state index contributed by atoms with van der Waals surface area (Å²) in [5, 5.41) is 8.99. The van der Waals surface area contributed by atoms with E-state index in [-0.39, 0.29) is 11.8 Å². The van der Waals surface area contributed by atoms with Gasteiger partial charge in [0.05, 0.1) is 6.42 Å². The highest BCUT2D eigenvalue weighted by atomic mass is 16.4. The van der Waals surface area contributed by atoms with Gasteiger partial charge < -0.3 is 10.8 Å². The van der Waals surface area contributed by atoms with Gasteiger partial charge >= 0.3 is 5.97 Å². The van der Waals surface area contributed by atoms with E-state index < -0.39 is 5.97 Å². The Morgan fingerprint density at radius 3 is 2.72 bits per heavy atom. The van der Waals surface area contributed by atoms with Crippen molar-refractivity contribution in [2.24, 2.45) is 17.1 Å². The topological polar surface area (TPSA) is 63.3 Å². The molecule has 0 spiro atoms. The molecule has 1 aromatic rings. The molecule has 18 heavy (non-hydrogen) atoms. The number of benzene rings is 1. The molecule has 1 aliphatic rings. The smallest absolute Gasteiger partial charge is 0.303 e. The zero-order valence-electron chi connectivity index (χ0n) is 10.6. The maximum Gasteiger partial charge on any atom is 0.303 e. The maximum atomic E-state index is 10.9. The van der Waals surface area contributed by atoms with Crippen molar-refractivity contribution in [3.8, 4) is 0 Å². The number of carbonyl (C=O) groups is 1. The standard InChI is InChI=1S/C15H21NO2/c16-11-15(10-14(17)18)7-6-13(9-15)8-12-4-2-1-3-5-12/h1-5,13H,6-11,16H2,(H,17,18)/t13?,15-/m0/s1. The molecule has 2 rings (SSSR count). The van der Waals surface area contributed by atoms with Gasteiger partial charge in [0.2, 0.25) is 0 Å². The molecule has 1 aliphatic carbocycles. The second-order valence-corrected chi connectivity index (χ2v) is 5.57. The van der Waals surface area contributed by atoms with Crippen LogP contribution in [0.15, 0.2) is 30.3 Å². The summed E-state index contributed by atoms with van der Waals surface area (Å²) in [4.78, 5) is 10.9. The van der Waals surface area contributed by atoms with Crippen molar-refractivity contribution in [1.29, 1.82) is 0 Å². The molecule has 3 heteroatoms. The van der Waals surface area contributed by atoms with Crippen molar-refractivity contribution < 1.29 is 9.90 Å². The third kappa shape index (κ3) is 3.10. The minimum Gasteiger partial charge on any atom is -0.481 e. The summed E-state index contributed by atoms with van der Waals surface area (Å²) in [6.45, 7) is 0.491. The Bertz CT molecular complexity index is 404. The van der Waals surface area contributed by atoms with Crippen LogP contribution in [0.1, 0.15) is 31.2 Å². The normalized spacial score (nSPS) is 27.3. The van der Waals surface area contributed by atoms with E-state index in [0.717, 1.165) is 25.7 Å². The van der Waals surface area contributed by atoms with Gasteiger partial charge in [-0.05, 0) is 49.1 Å². The average Bonchev–Trinajstić information content (AvgIpc) is 2.73. The molecule has 0 bridgehead atoms. The van der Waals surface area contributed by atoms with Crippen LogP contribution in [0, 0.1) is 11.3 Å². The van der Waals surface area contributed by atoms with E-state index in [2.05, 4.69) is 24.3 Å². The van der Waals surface area contributed by atoms with E-state index in [4.69, 9.17) is 10.8 Å². The van der Waals surface area contributed by atoms with Gasteiger partial charge in [0.1, 0.15) is 0 Å². The summed E-state index contributed by atoms with van der Waals surface area (Å²) in [7, 11) is 0. The Morgan fingerprint density at radius 2 is 2.11 bits per heavy atom. The molecule has 0 radical (unpaired) electrons. The van der Waals surface area contributed by atoms with E-state index in [1.54, 1.807) is 0 Å². The number of carboxylic acids is 1. The lowest BCUT2D eigenvalue weighted by Gasteiger charge is -2.25. The van der Waals surface area contributed by atoms with Crippen molar-refractivity contribution in [1.82, 2.24) is 0 Å². The number of carboxylic acid groups (broad SMARTS) is 1. The number of nitrogens with two attached hydrogens (primary N) is 1. The fourth-order valence-corrected chi connectivity index (χ4v) is 3.19. The van der Waals surface area contributed by atoms with E-state index in [1.807, 2.05) is 6.07 Å². The van der Waals surface area contributed by atoms with Crippen LogP contribution in [0.25, 0.3) is 0 Å². The first-order valence-electron chi connectivity index (χ1n) is 6.59. The number of hydrogen-bond acceptors (Lipinski definition) is 2. The molecule has 3 N–H and O–H groups in total. The molecule has 1 aromatic carbocycles. The zero-order chi connectivity index (χ0) is 13.0. The molecule has 0 aliphatic heterocycles. The number of rotatable bonds is 5. The summed E-state index contributed by atoms with van der Waals surface area (Å²) in [6.07, 6.45) is 4.26. The van der Waals surface area contributed by atoms with E-state index >= 15 is 0 Å². The van der Waals surface area contributed by atoms with Gasteiger partial charge in [-0.25, -0.2) is 0 Å².